The Balaban J connectivity index is 1.70. The number of nitrogens with zero attached hydrogens (tertiary/aromatic N) is 1. The van der Waals surface area contributed by atoms with Crippen LogP contribution in [0.3, 0.4) is 0 Å². The monoisotopic (exact) mass is 548 g/mol. The number of ether oxygens (including phenoxy) is 1. The molecule has 0 aromatic heterocycles. The average Bonchev–Trinajstić information content (AvgIpc) is 2.92. The number of carbonyl (C=O) groups is 4. The second-order valence-electron chi connectivity index (χ2n) is 11.7. The van der Waals surface area contributed by atoms with E-state index in [4.69, 9.17) is 4.74 Å². The molecule has 1 fully saturated rings. The van der Waals surface area contributed by atoms with E-state index in [2.05, 4.69) is 16.1 Å². The Hall–Kier alpha value is -3.72. The summed E-state index contributed by atoms with van der Waals surface area (Å²) in [5.41, 5.74) is 3.86. The molecule has 0 spiro atoms. The molecule has 2 aliphatic rings. The topological polar surface area (TPSA) is 117 Å². The predicted molar refractivity (Wildman–Crippen MR) is 154 cm³/mol. The zero-order chi connectivity index (χ0) is 29.2. The Labute approximate surface area is 235 Å². The summed E-state index contributed by atoms with van der Waals surface area (Å²) >= 11 is 0. The van der Waals surface area contributed by atoms with Crippen molar-refractivity contribution in [2.24, 2.45) is 11.3 Å². The fourth-order valence-corrected chi connectivity index (χ4v) is 4.92. The molecule has 2 aromatic rings. The minimum Gasteiger partial charge on any atom is -0.457 e. The van der Waals surface area contributed by atoms with Crippen LogP contribution in [0.15, 0.2) is 42.5 Å². The fourth-order valence-electron chi connectivity index (χ4n) is 4.92. The number of hydrazine groups is 1. The molecule has 5 bridgehead atoms. The van der Waals surface area contributed by atoms with Gasteiger partial charge in [0.25, 0.3) is 5.91 Å². The molecule has 0 saturated carbocycles. The van der Waals surface area contributed by atoms with Gasteiger partial charge in [0.2, 0.25) is 11.8 Å². The van der Waals surface area contributed by atoms with Crippen molar-refractivity contribution in [1.29, 1.82) is 0 Å². The molecule has 3 amide bonds. The maximum absolute atomic E-state index is 13.3. The van der Waals surface area contributed by atoms with Gasteiger partial charge in [0.1, 0.15) is 24.2 Å². The van der Waals surface area contributed by atoms with E-state index in [0.717, 1.165) is 21.9 Å². The summed E-state index contributed by atoms with van der Waals surface area (Å²) in [6, 6.07) is 9.57. The van der Waals surface area contributed by atoms with Crippen LogP contribution in [0, 0.1) is 11.3 Å². The van der Waals surface area contributed by atoms with Gasteiger partial charge in [0.15, 0.2) is 0 Å². The molecule has 2 aliphatic heterocycles. The van der Waals surface area contributed by atoms with Gasteiger partial charge in [0, 0.05) is 6.54 Å². The summed E-state index contributed by atoms with van der Waals surface area (Å²) in [6.07, 6.45) is 4.36. The Kier molecular flexibility index (Phi) is 8.63. The van der Waals surface area contributed by atoms with Crippen LogP contribution >= 0.6 is 0 Å². The lowest BCUT2D eigenvalue weighted by Gasteiger charge is -2.35. The van der Waals surface area contributed by atoms with Gasteiger partial charge in [-0.15, -0.1) is 0 Å². The van der Waals surface area contributed by atoms with Crippen molar-refractivity contribution in [3.63, 3.8) is 0 Å². The molecule has 2 heterocycles. The van der Waals surface area contributed by atoms with Gasteiger partial charge < -0.3 is 15.4 Å². The smallest absolute Gasteiger partial charge is 0.325 e. The molecule has 0 radical (unpaired) electrons. The van der Waals surface area contributed by atoms with Crippen LogP contribution in [-0.4, -0.2) is 53.4 Å². The molecular weight excluding hydrogens is 508 g/mol. The van der Waals surface area contributed by atoms with Gasteiger partial charge in [-0.25, -0.2) is 5.43 Å². The van der Waals surface area contributed by atoms with Gasteiger partial charge in [-0.2, -0.15) is 0 Å². The number of nitrogens with one attached hydrogen (secondary N) is 3. The van der Waals surface area contributed by atoms with Crippen molar-refractivity contribution in [2.45, 2.75) is 78.6 Å². The van der Waals surface area contributed by atoms with Crippen molar-refractivity contribution in [1.82, 2.24) is 21.1 Å². The van der Waals surface area contributed by atoms with Gasteiger partial charge >= 0.3 is 5.97 Å². The van der Waals surface area contributed by atoms with E-state index in [9.17, 15) is 19.2 Å². The minimum atomic E-state index is -0.903. The third-order valence-electron chi connectivity index (χ3n) is 7.63. The quantitative estimate of drug-likeness (QED) is 0.469. The van der Waals surface area contributed by atoms with Crippen LogP contribution in [-0.2, 0) is 23.9 Å². The summed E-state index contributed by atoms with van der Waals surface area (Å²) < 4.78 is 5.81. The number of esters is 1. The van der Waals surface area contributed by atoms with Crippen LogP contribution in [0.1, 0.15) is 71.6 Å². The van der Waals surface area contributed by atoms with Crippen molar-refractivity contribution < 1.29 is 23.9 Å². The highest BCUT2D eigenvalue weighted by molar-refractivity contribution is 5.94. The lowest BCUT2D eigenvalue weighted by molar-refractivity contribution is -0.157. The van der Waals surface area contributed by atoms with Gasteiger partial charge in [-0.05, 0) is 80.5 Å². The largest absolute Gasteiger partial charge is 0.457 e. The molecule has 40 heavy (non-hydrogen) atoms. The molecule has 9 nitrogen and oxygen atoms in total. The molecule has 3 N–H and O–H groups in total. The predicted octanol–water partition coefficient (Wildman–Crippen LogP) is 3.64. The first-order valence-electron chi connectivity index (χ1n) is 14.0. The third-order valence-corrected chi connectivity index (χ3v) is 7.63. The Morgan fingerprint density at radius 1 is 0.975 bits per heavy atom. The van der Waals surface area contributed by atoms with Crippen LogP contribution < -0.4 is 16.1 Å². The van der Waals surface area contributed by atoms with E-state index >= 15 is 0 Å². The average molecular weight is 549 g/mol. The number of hydrogen-bond acceptors (Lipinski definition) is 6. The van der Waals surface area contributed by atoms with Crippen molar-refractivity contribution in [2.75, 3.05) is 6.54 Å². The number of cyclic esters (lactones) is 1. The first-order valence-corrected chi connectivity index (χ1v) is 14.0. The van der Waals surface area contributed by atoms with E-state index in [-0.39, 0.29) is 17.7 Å². The van der Waals surface area contributed by atoms with E-state index in [1.165, 1.54) is 5.01 Å². The van der Waals surface area contributed by atoms with E-state index in [1.807, 2.05) is 69.3 Å². The molecule has 0 aliphatic carbocycles. The zero-order valence-electron chi connectivity index (χ0n) is 24.1. The number of fused-ring (bicyclic) bond motifs is 4. The highest BCUT2D eigenvalue weighted by Gasteiger charge is 2.35. The highest BCUT2D eigenvalue weighted by atomic mass is 16.5. The molecule has 1 saturated heterocycles. The van der Waals surface area contributed by atoms with Crippen molar-refractivity contribution in [3.05, 3.63) is 53.6 Å². The van der Waals surface area contributed by atoms with Crippen molar-refractivity contribution in [3.8, 4) is 0 Å². The number of carbonyl (C=O) groups excluding carboxylic acids is 4. The van der Waals surface area contributed by atoms with Gasteiger partial charge in [0.05, 0.1) is 5.41 Å². The normalized spacial score (nSPS) is 27.2. The van der Waals surface area contributed by atoms with E-state index in [1.54, 1.807) is 20.8 Å². The first-order chi connectivity index (χ1) is 18.9. The van der Waals surface area contributed by atoms with Crippen LogP contribution in [0.25, 0.3) is 16.8 Å². The second-order valence-corrected chi connectivity index (χ2v) is 11.7. The van der Waals surface area contributed by atoms with Gasteiger partial charge in [-0.3, -0.25) is 24.2 Å². The van der Waals surface area contributed by atoms with E-state index < -0.39 is 41.5 Å². The number of hydrogen-bond donors (Lipinski definition) is 3. The van der Waals surface area contributed by atoms with E-state index in [0.29, 0.717) is 19.4 Å². The second kappa shape index (κ2) is 11.8. The summed E-state index contributed by atoms with van der Waals surface area (Å²) in [5, 5.41) is 9.03. The first kappa shape index (κ1) is 29.3. The Bertz CT molecular complexity index is 1330. The van der Waals surface area contributed by atoms with Crippen LogP contribution in [0.4, 0.5) is 0 Å². The molecule has 4 atom stereocenters. The number of benzene rings is 2. The molecule has 214 valence electrons. The van der Waals surface area contributed by atoms with Crippen LogP contribution in [0.5, 0.6) is 0 Å². The summed E-state index contributed by atoms with van der Waals surface area (Å²) in [5.74, 6) is -1.76. The summed E-state index contributed by atoms with van der Waals surface area (Å²) in [4.78, 5) is 52.8. The summed E-state index contributed by atoms with van der Waals surface area (Å²) in [7, 11) is 0. The Morgan fingerprint density at radius 2 is 1.70 bits per heavy atom. The zero-order valence-corrected chi connectivity index (χ0v) is 24.1. The standard InChI is InChI=1S/C31H40N4O5/c1-18(2)26-27(36)32-19(3)28(37)35-15-7-8-25(34-35)29(38)40-20(4)23-12-11-22-10-9-21(16-24(22)17-23)13-14-31(5,6)30(39)33-26/h9-14,16-20,25-26,34H,7-8,15H2,1-6H3,(H,32,36)(H,33,39)/b14-13+/t19-,20+,25-,26-/m0/s1. The van der Waals surface area contributed by atoms with Crippen molar-refractivity contribution >= 4 is 40.5 Å². The maximum atomic E-state index is 13.3. The minimum absolute atomic E-state index is 0.212. The van der Waals surface area contributed by atoms with Gasteiger partial charge in [-0.1, -0.05) is 50.3 Å². The maximum Gasteiger partial charge on any atom is 0.325 e. The Morgan fingerprint density at radius 3 is 2.42 bits per heavy atom. The molecule has 2 aromatic carbocycles. The lowest BCUT2D eigenvalue weighted by atomic mass is 9.89. The highest BCUT2D eigenvalue weighted by Crippen LogP contribution is 2.26. The molecular formula is C31H40N4O5. The SMILES string of the molecule is CC(C)[C@@H]1NC(=O)C(C)(C)/C=C/c2ccc3ccc(cc3c2)[C@@H](C)OC(=O)[C@@H]2CCCN(N2)C(=O)[C@H](C)NC1=O. The van der Waals surface area contributed by atoms with Crippen LogP contribution in [0.2, 0.25) is 0 Å². The lowest BCUT2D eigenvalue weighted by Crippen LogP contribution is -2.61. The molecule has 4 rings (SSSR count). The summed E-state index contributed by atoms with van der Waals surface area (Å²) in [6.45, 7) is 11.1. The third kappa shape index (κ3) is 6.53. The fraction of sp³-hybridized carbons (Fsp3) is 0.484. The molecule has 0 unspecified atom stereocenters. The number of rotatable bonds is 1. The molecule has 9 heteroatoms. The number of amides is 3.